The van der Waals surface area contributed by atoms with Crippen LogP contribution in [-0.2, 0) is 0 Å². The predicted octanol–water partition coefficient (Wildman–Crippen LogP) is 2.29. The van der Waals surface area contributed by atoms with Gasteiger partial charge in [0, 0.05) is 18.9 Å². The quantitative estimate of drug-likeness (QED) is 0.767. The highest BCUT2D eigenvalue weighted by atomic mass is 15.1. The SMILES string of the molecule is NCCCNc1ncc(C2CCCCC2)cn1. The monoisotopic (exact) mass is 234 g/mol. The van der Waals surface area contributed by atoms with E-state index in [1.165, 1.54) is 37.7 Å². The summed E-state index contributed by atoms with van der Waals surface area (Å²) in [5.41, 5.74) is 6.73. The lowest BCUT2D eigenvalue weighted by atomic mass is 9.85. The number of hydrogen-bond acceptors (Lipinski definition) is 4. The molecule has 0 spiro atoms. The molecule has 1 saturated carbocycles. The van der Waals surface area contributed by atoms with Crippen LogP contribution in [0, 0.1) is 0 Å². The number of nitrogens with zero attached hydrogens (tertiary/aromatic N) is 2. The number of aromatic nitrogens is 2. The van der Waals surface area contributed by atoms with Crippen molar-refractivity contribution in [3.63, 3.8) is 0 Å². The standard InChI is InChI=1S/C13H22N4/c14-7-4-8-15-13-16-9-12(10-17-13)11-5-2-1-3-6-11/h9-11H,1-8,14H2,(H,15,16,17). The van der Waals surface area contributed by atoms with Gasteiger partial charge in [-0.25, -0.2) is 9.97 Å². The van der Waals surface area contributed by atoms with Gasteiger partial charge in [-0.1, -0.05) is 19.3 Å². The maximum atomic E-state index is 5.43. The molecule has 17 heavy (non-hydrogen) atoms. The number of rotatable bonds is 5. The van der Waals surface area contributed by atoms with Gasteiger partial charge in [0.25, 0.3) is 0 Å². The first-order valence-corrected chi connectivity index (χ1v) is 6.66. The minimum Gasteiger partial charge on any atom is -0.354 e. The van der Waals surface area contributed by atoms with Crippen LogP contribution in [0.5, 0.6) is 0 Å². The lowest BCUT2D eigenvalue weighted by Crippen LogP contribution is -2.11. The normalized spacial score (nSPS) is 17.0. The number of nitrogens with one attached hydrogen (secondary N) is 1. The van der Waals surface area contributed by atoms with E-state index in [4.69, 9.17) is 5.73 Å². The molecule has 1 aliphatic rings. The third-order valence-corrected chi connectivity index (χ3v) is 3.41. The van der Waals surface area contributed by atoms with Gasteiger partial charge >= 0.3 is 0 Å². The van der Waals surface area contributed by atoms with E-state index in [2.05, 4.69) is 15.3 Å². The highest BCUT2D eigenvalue weighted by Crippen LogP contribution is 2.31. The van der Waals surface area contributed by atoms with Gasteiger partial charge in [0.05, 0.1) is 0 Å². The van der Waals surface area contributed by atoms with Crippen LogP contribution in [0.1, 0.15) is 50.0 Å². The van der Waals surface area contributed by atoms with Gasteiger partial charge in [-0.3, -0.25) is 0 Å². The van der Waals surface area contributed by atoms with Crippen molar-refractivity contribution in [2.24, 2.45) is 5.73 Å². The van der Waals surface area contributed by atoms with E-state index in [1.54, 1.807) is 0 Å². The molecule has 0 radical (unpaired) electrons. The Morgan fingerprint density at radius 3 is 2.53 bits per heavy atom. The Morgan fingerprint density at radius 1 is 1.18 bits per heavy atom. The van der Waals surface area contributed by atoms with Crippen molar-refractivity contribution in [2.45, 2.75) is 44.4 Å². The third-order valence-electron chi connectivity index (χ3n) is 3.41. The van der Waals surface area contributed by atoms with Crippen molar-refractivity contribution in [1.82, 2.24) is 9.97 Å². The van der Waals surface area contributed by atoms with Crippen LogP contribution in [0.25, 0.3) is 0 Å². The minimum absolute atomic E-state index is 0.682. The maximum absolute atomic E-state index is 5.43. The topological polar surface area (TPSA) is 63.8 Å². The molecule has 4 heteroatoms. The van der Waals surface area contributed by atoms with Crippen LogP contribution < -0.4 is 11.1 Å². The summed E-state index contributed by atoms with van der Waals surface area (Å²) in [6.45, 7) is 1.55. The fourth-order valence-corrected chi connectivity index (χ4v) is 2.38. The average Bonchev–Trinajstić information content (AvgIpc) is 2.41. The molecule has 2 rings (SSSR count). The van der Waals surface area contributed by atoms with Gasteiger partial charge in [-0.05, 0) is 37.3 Å². The fraction of sp³-hybridized carbons (Fsp3) is 0.692. The maximum Gasteiger partial charge on any atom is 0.222 e. The average molecular weight is 234 g/mol. The van der Waals surface area contributed by atoms with Gasteiger partial charge in [0.15, 0.2) is 0 Å². The molecule has 0 aromatic carbocycles. The van der Waals surface area contributed by atoms with E-state index in [0.29, 0.717) is 12.5 Å². The molecule has 1 heterocycles. The molecule has 1 fully saturated rings. The molecule has 0 atom stereocenters. The number of hydrogen-bond donors (Lipinski definition) is 2. The Morgan fingerprint density at radius 2 is 1.88 bits per heavy atom. The van der Waals surface area contributed by atoms with E-state index < -0.39 is 0 Å². The van der Waals surface area contributed by atoms with Crippen LogP contribution in [0.3, 0.4) is 0 Å². The van der Waals surface area contributed by atoms with Crippen LogP contribution in [-0.4, -0.2) is 23.1 Å². The first-order valence-electron chi connectivity index (χ1n) is 6.66. The van der Waals surface area contributed by atoms with E-state index >= 15 is 0 Å². The van der Waals surface area contributed by atoms with Gasteiger partial charge < -0.3 is 11.1 Å². The molecule has 0 saturated heterocycles. The zero-order valence-electron chi connectivity index (χ0n) is 10.4. The Kier molecular flexibility index (Phi) is 4.74. The van der Waals surface area contributed by atoms with Gasteiger partial charge in [-0.15, -0.1) is 0 Å². The fourth-order valence-electron chi connectivity index (χ4n) is 2.38. The van der Waals surface area contributed by atoms with Crippen LogP contribution in [0.4, 0.5) is 5.95 Å². The summed E-state index contributed by atoms with van der Waals surface area (Å²) < 4.78 is 0. The summed E-state index contributed by atoms with van der Waals surface area (Å²) in [6.07, 6.45) is 11.6. The Bertz CT molecular complexity index is 317. The summed E-state index contributed by atoms with van der Waals surface area (Å²) in [7, 11) is 0. The number of anilines is 1. The molecule has 3 N–H and O–H groups in total. The van der Waals surface area contributed by atoms with E-state index in [9.17, 15) is 0 Å². The van der Waals surface area contributed by atoms with Crippen molar-refractivity contribution in [1.29, 1.82) is 0 Å². The lowest BCUT2D eigenvalue weighted by Gasteiger charge is -2.21. The van der Waals surface area contributed by atoms with Crippen molar-refractivity contribution in [3.8, 4) is 0 Å². The molecule has 0 unspecified atom stereocenters. The largest absolute Gasteiger partial charge is 0.354 e. The van der Waals surface area contributed by atoms with Crippen LogP contribution in [0.15, 0.2) is 12.4 Å². The lowest BCUT2D eigenvalue weighted by molar-refractivity contribution is 0.442. The van der Waals surface area contributed by atoms with Gasteiger partial charge in [0.1, 0.15) is 0 Å². The van der Waals surface area contributed by atoms with Gasteiger partial charge in [-0.2, -0.15) is 0 Å². The molecule has 1 aliphatic carbocycles. The molecule has 0 bridgehead atoms. The smallest absolute Gasteiger partial charge is 0.222 e. The molecular weight excluding hydrogens is 212 g/mol. The summed E-state index contributed by atoms with van der Waals surface area (Å²) in [6, 6.07) is 0. The molecule has 0 amide bonds. The zero-order valence-corrected chi connectivity index (χ0v) is 10.4. The molecular formula is C13H22N4. The number of nitrogens with two attached hydrogens (primary N) is 1. The van der Waals surface area contributed by atoms with Crippen LogP contribution >= 0.6 is 0 Å². The third kappa shape index (κ3) is 3.66. The second kappa shape index (κ2) is 6.55. The summed E-state index contributed by atoms with van der Waals surface area (Å²) >= 11 is 0. The molecule has 1 aromatic rings. The highest BCUT2D eigenvalue weighted by molar-refractivity contribution is 5.25. The minimum atomic E-state index is 0.682. The molecule has 0 aliphatic heterocycles. The first kappa shape index (κ1) is 12.3. The highest BCUT2D eigenvalue weighted by Gasteiger charge is 2.15. The van der Waals surface area contributed by atoms with Gasteiger partial charge in [0.2, 0.25) is 5.95 Å². The summed E-state index contributed by atoms with van der Waals surface area (Å²) in [5, 5.41) is 3.17. The summed E-state index contributed by atoms with van der Waals surface area (Å²) in [5.74, 6) is 1.40. The molecule has 1 aromatic heterocycles. The molecule has 4 nitrogen and oxygen atoms in total. The Balaban J connectivity index is 1.88. The second-order valence-corrected chi connectivity index (χ2v) is 4.74. The van der Waals surface area contributed by atoms with Crippen LogP contribution in [0.2, 0.25) is 0 Å². The van der Waals surface area contributed by atoms with E-state index in [0.717, 1.165) is 18.9 Å². The van der Waals surface area contributed by atoms with Crippen molar-refractivity contribution in [2.75, 3.05) is 18.4 Å². The predicted molar refractivity (Wildman–Crippen MR) is 70.0 cm³/mol. The van der Waals surface area contributed by atoms with Crippen molar-refractivity contribution in [3.05, 3.63) is 18.0 Å². The summed E-state index contributed by atoms with van der Waals surface area (Å²) in [4.78, 5) is 8.73. The second-order valence-electron chi connectivity index (χ2n) is 4.74. The first-order chi connectivity index (χ1) is 8.40. The van der Waals surface area contributed by atoms with Crippen molar-refractivity contribution >= 4 is 5.95 Å². The van der Waals surface area contributed by atoms with E-state index in [1.807, 2.05) is 12.4 Å². The Labute approximate surface area is 103 Å². The zero-order chi connectivity index (χ0) is 11.9. The Hall–Kier alpha value is -1.16. The van der Waals surface area contributed by atoms with E-state index in [-0.39, 0.29) is 0 Å². The van der Waals surface area contributed by atoms with Crippen molar-refractivity contribution < 1.29 is 0 Å². The molecule has 94 valence electrons.